The predicted molar refractivity (Wildman–Crippen MR) is 87.1 cm³/mol. The van der Waals surface area contributed by atoms with E-state index in [2.05, 4.69) is 34.8 Å². The lowest BCUT2D eigenvalue weighted by atomic mass is 9.95. The van der Waals surface area contributed by atoms with E-state index in [0.29, 0.717) is 19.0 Å². The molecule has 1 aromatic carbocycles. The van der Waals surface area contributed by atoms with Gasteiger partial charge in [-0.05, 0) is 37.8 Å². The van der Waals surface area contributed by atoms with Gasteiger partial charge in [0.15, 0.2) is 0 Å². The molecule has 0 radical (unpaired) electrons. The number of hydrogen-bond acceptors (Lipinski definition) is 3. The van der Waals surface area contributed by atoms with E-state index < -0.39 is 5.60 Å². The first kappa shape index (κ1) is 16.0. The second-order valence-corrected chi connectivity index (χ2v) is 6.61. The van der Waals surface area contributed by atoms with Crippen molar-refractivity contribution in [1.82, 2.24) is 14.9 Å². The molecule has 0 aliphatic heterocycles. The fraction of sp³-hybridized carbons (Fsp3) is 0.588. The number of aliphatic hydroxyl groups is 1. The van der Waals surface area contributed by atoms with Crippen molar-refractivity contribution in [3.05, 3.63) is 30.1 Å². The number of rotatable bonds is 7. The largest absolute Gasteiger partial charge is 0.389 e. The fourth-order valence-electron chi connectivity index (χ4n) is 2.49. The highest BCUT2D eigenvalue weighted by Crippen LogP contribution is 2.17. The van der Waals surface area contributed by atoms with Gasteiger partial charge < -0.3 is 15.0 Å². The Morgan fingerprint density at radius 1 is 1.33 bits per heavy atom. The summed E-state index contributed by atoms with van der Waals surface area (Å²) in [6, 6.07) is 8.13. The molecule has 0 aliphatic carbocycles. The van der Waals surface area contributed by atoms with Crippen molar-refractivity contribution in [3.8, 4) is 0 Å². The molecule has 2 rings (SSSR count). The summed E-state index contributed by atoms with van der Waals surface area (Å²) in [5.41, 5.74) is 1.50. The molecule has 0 amide bonds. The van der Waals surface area contributed by atoms with Crippen LogP contribution in [0.25, 0.3) is 11.0 Å². The van der Waals surface area contributed by atoms with Gasteiger partial charge in [-0.1, -0.05) is 26.0 Å². The number of aryl methyl sites for hydroxylation is 1. The Bertz CT molecular complexity index is 587. The quantitative estimate of drug-likeness (QED) is 0.824. The zero-order valence-electron chi connectivity index (χ0n) is 13.6. The molecule has 2 aromatic rings. The van der Waals surface area contributed by atoms with Gasteiger partial charge in [0.05, 0.1) is 23.2 Å². The molecule has 0 saturated heterocycles. The molecule has 4 heteroatoms. The van der Waals surface area contributed by atoms with Crippen molar-refractivity contribution in [2.75, 3.05) is 6.54 Å². The van der Waals surface area contributed by atoms with E-state index >= 15 is 0 Å². The Labute approximate surface area is 127 Å². The highest BCUT2D eigenvalue weighted by Gasteiger charge is 2.20. The van der Waals surface area contributed by atoms with Crippen LogP contribution >= 0.6 is 0 Å². The molecular weight excluding hydrogens is 262 g/mol. The number of hydrogen-bond donors (Lipinski definition) is 2. The van der Waals surface area contributed by atoms with E-state index in [1.165, 1.54) is 0 Å². The third-order valence-electron chi connectivity index (χ3n) is 3.93. The maximum atomic E-state index is 10.4. The average Bonchev–Trinajstić information content (AvgIpc) is 2.74. The Hall–Kier alpha value is -1.39. The van der Waals surface area contributed by atoms with E-state index in [-0.39, 0.29) is 0 Å². The molecular formula is C17H27N3O. The van der Waals surface area contributed by atoms with Gasteiger partial charge in [0.25, 0.3) is 0 Å². The number of aromatic nitrogens is 2. The van der Waals surface area contributed by atoms with Crippen LogP contribution in [0.5, 0.6) is 0 Å². The maximum Gasteiger partial charge on any atom is 0.123 e. The molecule has 21 heavy (non-hydrogen) atoms. The van der Waals surface area contributed by atoms with Crippen molar-refractivity contribution < 1.29 is 5.11 Å². The summed E-state index contributed by atoms with van der Waals surface area (Å²) >= 11 is 0. The lowest BCUT2D eigenvalue weighted by molar-refractivity contribution is 0.0449. The Morgan fingerprint density at radius 2 is 2.05 bits per heavy atom. The summed E-state index contributed by atoms with van der Waals surface area (Å²) in [4.78, 5) is 4.62. The molecule has 1 atom stereocenters. The number of nitrogens with one attached hydrogen (secondary N) is 1. The molecule has 0 fully saturated rings. The minimum absolute atomic E-state index is 0.586. The second-order valence-electron chi connectivity index (χ2n) is 6.61. The summed E-state index contributed by atoms with van der Waals surface area (Å²) in [7, 11) is 2.03. The lowest BCUT2D eigenvalue weighted by Crippen LogP contribution is -2.38. The van der Waals surface area contributed by atoms with Crippen LogP contribution in [0.4, 0.5) is 0 Å². The first-order chi connectivity index (χ1) is 9.89. The lowest BCUT2D eigenvalue weighted by Gasteiger charge is -2.24. The van der Waals surface area contributed by atoms with Crippen LogP contribution in [0.15, 0.2) is 24.3 Å². The SMILES string of the molecule is CC(C)CCC(C)(O)CNCc1nc2ccccc2n1C. The monoisotopic (exact) mass is 289 g/mol. The highest BCUT2D eigenvalue weighted by atomic mass is 16.3. The van der Waals surface area contributed by atoms with Gasteiger partial charge in [-0.3, -0.25) is 0 Å². The molecule has 1 aromatic heterocycles. The van der Waals surface area contributed by atoms with Gasteiger partial charge in [-0.15, -0.1) is 0 Å². The summed E-state index contributed by atoms with van der Waals surface area (Å²) < 4.78 is 2.10. The summed E-state index contributed by atoms with van der Waals surface area (Å²) in [5, 5.41) is 13.7. The van der Waals surface area contributed by atoms with Crippen molar-refractivity contribution in [2.45, 2.75) is 45.8 Å². The predicted octanol–water partition coefficient (Wildman–Crippen LogP) is 2.85. The van der Waals surface area contributed by atoms with Crippen LogP contribution in [0.3, 0.4) is 0 Å². The molecule has 116 valence electrons. The van der Waals surface area contributed by atoms with Crippen LogP contribution in [-0.2, 0) is 13.6 Å². The molecule has 2 N–H and O–H groups in total. The minimum atomic E-state index is -0.658. The number of benzene rings is 1. The third kappa shape index (κ3) is 4.29. The third-order valence-corrected chi connectivity index (χ3v) is 3.93. The van der Waals surface area contributed by atoms with Crippen molar-refractivity contribution >= 4 is 11.0 Å². The zero-order chi connectivity index (χ0) is 15.5. The Kier molecular flexibility index (Phi) is 5.01. The first-order valence-corrected chi connectivity index (χ1v) is 7.72. The van der Waals surface area contributed by atoms with Crippen molar-refractivity contribution in [3.63, 3.8) is 0 Å². The molecule has 0 saturated carbocycles. The smallest absolute Gasteiger partial charge is 0.123 e. The fourth-order valence-corrected chi connectivity index (χ4v) is 2.49. The number of imidazole rings is 1. The van der Waals surface area contributed by atoms with Gasteiger partial charge >= 0.3 is 0 Å². The number of para-hydroxylation sites is 2. The molecule has 1 heterocycles. The average molecular weight is 289 g/mol. The molecule has 0 bridgehead atoms. The Morgan fingerprint density at radius 3 is 2.71 bits per heavy atom. The first-order valence-electron chi connectivity index (χ1n) is 7.72. The van der Waals surface area contributed by atoms with E-state index in [1.54, 1.807) is 0 Å². The highest BCUT2D eigenvalue weighted by molar-refractivity contribution is 5.75. The number of nitrogens with zero attached hydrogens (tertiary/aromatic N) is 2. The standard InChI is InChI=1S/C17H27N3O/c1-13(2)9-10-17(3,21)12-18-11-16-19-14-7-5-6-8-15(14)20(16)4/h5-8,13,18,21H,9-12H2,1-4H3. The second kappa shape index (κ2) is 6.58. The van der Waals surface area contributed by atoms with Crippen LogP contribution < -0.4 is 5.32 Å². The van der Waals surface area contributed by atoms with Gasteiger partial charge in [-0.2, -0.15) is 0 Å². The van der Waals surface area contributed by atoms with Gasteiger partial charge in [0.2, 0.25) is 0 Å². The van der Waals surface area contributed by atoms with Crippen LogP contribution in [0, 0.1) is 5.92 Å². The van der Waals surface area contributed by atoms with Crippen LogP contribution in [0.1, 0.15) is 39.4 Å². The number of fused-ring (bicyclic) bond motifs is 1. The van der Waals surface area contributed by atoms with Crippen LogP contribution in [0.2, 0.25) is 0 Å². The van der Waals surface area contributed by atoms with E-state index in [9.17, 15) is 5.11 Å². The van der Waals surface area contributed by atoms with E-state index in [4.69, 9.17) is 0 Å². The van der Waals surface area contributed by atoms with Crippen LogP contribution in [-0.4, -0.2) is 26.8 Å². The van der Waals surface area contributed by atoms with Gasteiger partial charge in [0.1, 0.15) is 5.82 Å². The van der Waals surface area contributed by atoms with Crippen molar-refractivity contribution in [2.24, 2.45) is 13.0 Å². The molecule has 0 spiro atoms. The molecule has 4 nitrogen and oxygen atoms in total. The minimum Gasteiger partial charge on any atom is -0.389 e. The van der Waals surface area contributed by atoms with E-state index in [1.807, 2.05) is 32.2 Å². The van der Waals surface area contributed by atoms with Gasteiger partial charge in [-0.25, -0.2) is 4.98 Å². The summed E-state index contributed by atoms with van der Waals surface area (Å²) in [6.45, 7) is 7.52. The summed E-state index contributed by atoms with van der Waals surface area (Å²) in [5.74, 6) is 1.62. The van der Waals surface area contributed by atoms with Gasteiger partial charge in [0, 0.05) is 13.6 Å². The van der Waals surface area contributed by atoms with Crippen molar-refractivity contribution in [1.29, 1.82) is 0 Å². The summed E-state index contributed by atoms with van der Waals surface area (Å²) in [6.07, 6.45) is 1.86. The topological polar surface area (TPSA) is 50.1 Å². The Balaban J connectivity index is 1.91. The normalized spacial score (nSPS) is 14.8. The maximum absolute atomic E-state index is 10.4. The zero-order valence-corrected chi connectivity index (χ0v) is 13.6. The van der Waals surface area contributed by atoms with E-state index in [0.717, 1.165) is 29.7 Å². The molecule has 0 aliphatic rings. The molecule has 1 unspecified atom stereocenters.